The second-order valence-electron chi connectivity index (χ2n) is 9.81. The van der Waals surface area contributed by atoms with Gasteiger partial charge in [0.15, 0.2) is 0 Å². The highest BCUT2D eigenvalue weighted by molar-refractivity contribution is 5.85. The zero-order chi connectivity index (χ0) is 23.8. The van der Waals surface area contributed by atoms with Crippen molar-refractivity contribution in [3.05, 3.63) is 108 Å². The van der Waals surface area contributed by atoms with Gasteiger partial charge in [-0.25, -0.2) is 4.98 Å². The number of aryl methyl sites for hydroxylation is 1. The van der Waals surface area contributed by atoms with Crippen molar-refractivity contribution < 1.29 is 0 Å². The van der Waals surface area contributed by atoms with Crippen LogP contribution in [0.3, 0.4) is 0 Å². The zero-order valence-corrected chi connectivity index (χ0v) is 20.7. The molecule has 0 bridgehead atoms. The number of fused-ring (bicyclic) bond motifs is 1. The predicted molar refractivity (Wildman–Crippen MR) is 145 cm³/mol. The van der Waals surface area contributed by atoms with Crippen LogP contribution in [0.5, 0.6) is 0 Å². The maximum Gasteiger partial charge on any atom is 0.145 e. The highest BCUT2D eigenvalue weighted by atomic mass is 15.1. The van der Waals surface area contributed by atoms with Gasteiger partial charge >= 0.3 is 0 Å². The Morgan fingerprint density at radius 2 is 1.24 bits per heavy atom. The molecule has 0 fully saturated rings. The molecule has 0 spiro atoms. The van der Waals surface area contributed by atoms with Crippen molar-refractivity contribution in [1.82, 2.24) is 9.55 Å². The largest absolute Gasteiger partial charge is 0.292 e. The maximum atomic E-state index is 5.14. The number of aromatic nitrogens is 2. The van der Waals surface area contributed by atoms with Crippen LogP contribution in [-0.4, -0.2) is 9.55 Å². The Labute approximate surface area is 202 Å². The molecule has 2 heteroatoms. The fourth-order valence-corrected chi connectivity index (χ4v) is 4.85. The molecule has 0 aliphatic rings. The Morgan fingerprint density at radius 1 is 0.618 bits per heavy atom. The first-order valence-corrected chi connectivity index (χ1v) is 12.2. The summed E-state index contributed by atoms with van der Waals surface area (Å²) >= 11 is 0. The number of hydrogen-bond acceptors (Lipinski definition) is 1. The quantitative estimate of drug-likeness (QED) is 0.264. The van der Waals surface area contributed by atoms with Crippen molar-refractivity contribution in [1.29, 1.82) is 0 Å². The summed E-state index contributed by atoms with van der Waals surface area (Å²) in [7, 11) is 0. The SMILES string of the molecule is Cc1cccc(-c2nc3ccccc3n2-c2c(C(C)C)cc(-c3ccccc3)cc2C(C)C)c1. The first-order chi connectivity index (χ1) is 16.4. The summed E-state index contributed by atoms with van der Waals surface area (Å²) in [5.41, 5.74) is 11.1. The number of imidazole rings is 1. The van der Waals surface area contributed by atoms with Gasteiger partial charge < -0.3 is 0 Å². The zero-order valence-electron chi connectivity index (χ0n) is 20.7. The molecular weight excluding hydrogens is 412 g/mol. The number of hydrogen-bond donors (Lipinski definition) is 0. The van der Waals surface area contributed by atoms with E-state index in [1.807, 2.05) is 0 Å². The highest BCUT2D eigenvalue weighted by Crippen LogP contribution is 2.40. The van der Waals surface area contributed by atoms with Crippen LogP contribution in [-0.2, 0) is 0 Å². The molecule has 0 aliphatic carbocycles. The minimum Gasteiger partial charge on any atom is -0.292 e. The Bertz CT molecular complexity index is 1430. The number of para-hydroxylation sites is 2. The summed E-state index contributed by atoms with van der Waals surface area (Å²) in [5, 5.41) is 0. The van der Waals surface area contributed by atoms with E-state index in [1.165, 1.54) is 33.5 Å². The van der Waals surface area contributed by atoms with Crippen molar-refractivity contribution in [2.45, 2.75) is 46.5 Å². The van der Waals surface area contributed by atoms with E-state index in [9.17, 15) is 0 Å². The van der Waals surface area contributed by atoms with E-state index in [4.69, 9.17) is 4.98 Å². The lowest BCUT2D eigenvalue weighted by molar-refractivity contribution is 0.811. The minimum absolute atomic E-state index is 0.364. The van der Waals surface area contributed by atoms with Gasteiger partial charge in [0.05, 0.1) is 16.7 Å². The van der Waals surface area contributed by atoms with E-state index in [0.29, 0.717) is 11.8 Å². The molecule has 34 heavy (non-hydrogen) atoms. The average molecular weight is 445 g/mol. The minimum atomic E-state index is 0.364. The third-order valence-corrected chi connectivity index (χ3v) is 6.58. The van der Waals surface area contributed by atoms with Crippen LogP contribution in [0.15, 0.2) is 91.0 Å². The van der Waals surface area contributed by atoms with Crippen LogP contribution in [0.1, 0.15) is 56.2 Å². The maximum absolute atomic E-state index is 5.14. The molecule has 0 unspecified atom stereocenters. The molecule has 5 aromatic rings. The van der Waals surface area contributed by atoms with E-state index in [1.54, 1.807) is 0 Å². The normalized spacial score (nSPS) is 11.6. The smallest absolute Gasteiger partial charge is 0.145 e. The van der Waals surface area contributed by atoms with Crippen LogP contribution in [0.2, 0.25) is 0 Å². The first kappa shape index (κ1) is 22.2. The molecular formula is C32H32N2. The topological polar surface area (TPSA) is 17.8 Å². The van der Waals surface area contributed by atoms with Crippen LogP contribution in [0.25, 0.3) is 39.2 Å². The molecule has 2 nitrogen and oxygen atoms in total. The Balaban J connectivity index is 1.89. The summed E-state index contributed by atoms with van der Waals surface area (Å²) in [4.78, 5) is 5.14. The second-order valence-corrected chi connectivity index (χ2v) is 9.81. The van der Waals surface area contributed by atoms with Gasteiger partial charge in [0.25, 0.3) is 0 Å². The molecule has 0 saturated carbocycles. The summed E-state index contributed by atoms with van der Waals surface area (Å²) in [6.45, 7) is 11.3. The Hall–Kier alpha value is -3.65. The molecule has 5 rings (SSSR count). The molecule has 170 valence electrons. The first-order valence-electron chi connectivity index (χ1n) is 12.2. The van der Waals surface area contributed by atoms with Crippen LogP contribution >= 0.6 is 0 Å². The predicted octanol–water partition coefficient (Wildman–Crippen LogP) is 8.91. The highest BCUT2D eigenvalue weighted by Gasteiger charge is 2.23. The monoisotopic (exact) mass is 444 g/mol. The molecule has 0 N–H and O–H groups in total. The summed E-state index contributed by atoms with van der Waals surface area (Å²) in [6.07, 6.45) is 0. The number of rotatable bonds is 5. The molecule has 1 aromatic heterocycles. The molecule has 0 amide bonds. The molecule has 0 aliphatic heterocycles. The van der Waals surface area contributed by atoms with Gasteiger partial charge in [0.1, 0.15) is 5.82 Å². The molecule has 1 heterocycles. The molecule has 0 saturated heterocycles. The van der Waals surface area contributed by atoms with Gasteiger partial charge in [-0.1, -0.05) is 93.9 Å². The average Bonchev–Trinajstić information content (AvgIpc) is 3.23. The molecule has 0 atom stereocenters. The van der Waals surface area contributed by atoms with E-state index >= 15 is 0 Å². The van der Waals surface area contributed by atoms with Crippen molar-refractivity contribution in [3.8, 4) is 28.2 Å². The van der Waals surface area contributed by atoms with E-state index in [-0.39, 0.29) is 0 Å². The molecule has 4 aromatic carbocycles. The van der Waals surface area contributed by atoms with E-state index < -0.39 is 0 Å². The lowest BCUT2D eigenvalue weighted by atomic mass is 9.88. The van der Waals surface area contributed by atoms with Crippen LogP contribution in [0, 0.1) is 6.92 Å². The lowest BCUT2D eigenvalue weighted by Gasteiger charge is -2.24. The van der Waals surface area contributed by atoms with Gasteiger partial charge in [-0.2, -0.15) is 0 Å². The summed E-state index contributed by atoms with van der Waals surface area (Å²) in [6, 6.07) is 32.7. The third kappa shape index (κ3) is 3.94. The Kier molecular flexibility index (Phi) is 5.83. The fraction of sp³-hybridized carbons (Fsp3) is 0.219. The van der Waals surface area contributed by atoms with E-state index in [0.717, 1.165) is 22.4 Å². The number of benzene rings is 4. The van der Waals surface area contributed by atoms with Gasteiger partial charge in [0, 0.05) is 5.56 Å². The second kappa shape index (κ2) is 8.95. The fourth-order valence-electron chi connectivity index (χ4n) is 4.85. The number of nitrogens with zero attached hydrogens (tertiary/aromatic N) is 2. The third-order valence-electron chi connectivity index (χ3n) is 6.58. The van der Waals surface area contributed by atoms with Crippen LogP contribution in [0.4, 0.5) is 0 Å². The van der Waals surface area contributed by atoms with Crippen molar-refractivity contribution in [2.24, 2.45) is 0 Å². The van der Waals surface area contributed by atoms with Gasteiger partial charge in [-0.05, 0) is 71.3 Å². The van der Waals surface area contributed by atoms with Crippen molar-refractivity contribution in [2.75, 3.05) is 0 Å². The van der Waals surface area contributed by atoms with Crippen molar-refractivity contribution in [3.63, 3.8) is 0 Å². The summed E-state index contributed by atoms with van der Waals surface area (Å²) in [5.74, 6) is 1.73. The lowest BCUT2D eigenvalue weighted by Crippen LogP contribution is -2.09. The standard InChI is InChI=1S/C32H32N2/c1-21(2)27-19-26(24-13-7-6-8-14-24)20-28(22(3)4)31(27)34-30-17-10-9-16-29(30)33-32(34)25-15-11-12-23(5)18-25/h6-22H,1-5H3. The van der Waals surface area contributed by atoms with E-state index in [2.05, 4.69) is 130 Å². The van der Waals surface area contributed by atoms with Gasteiger partial charge in [-0.3, -0.25) is 4.57 Å². The van der Waals surface area contributed by atoms with Gasteiger partial charge in [-0.15, -0.1) is 0 Å². The van der Waals surface area contributed by atoms with Gasteiger partial charge in [0.2, 0.25) is 0 Å². The van der Waals surface area contributed by atoms with Crippen molar-refractivity contribution >= 4 is 11.0 Å². The van der Waals surface area contributed by atoms with Crippen LogP contribution < -0.4 is 0 Å². The summed E-state index contributed by atoms with van der Waals surface area (Å²) < 4.78 is 2.41. The molecule has 0 radical (unpaired) electrons. The Morgan fingerprint density at radius 3 is 1.88 bits per heavy atom.